The van der Waals surface area contributed by atoms with Gasteiger partial charge in [-0.1, -0.05) is 13.8 Å². The van der Waals surface area contributed by atoms with E-state index < -0.39 is 11.9 Å². The topological polar surface area (TPSA) is 21.3 Å². The molecule has 1 aliphatic heterocycles. The first kappa shape index (κ1) is 13.4. The molecule has 0 radical (unpaired) electrons. The van der Waals surface area contributed by atoms with Gasteiger partial charge in [-0.25, -0.2) is 8.78 Å². The Morgan fingerprint density at radius 2 is 1.94 bits per heavy atom. The lowest BCUT2D eigenvalue weighted by molar-refractivity contribution is -0.0617. The second-order valence-electron chi connectivity index (χ2n) is 5.19. The van der Waals surface area contributed by atoms with E-state index in [0.29, 0.717) is 23.6 Å². The molecule has 1 heterocycles. The highest BCUT2D eigenvalue weighted by Crippen LogP contribution is 2.27. The Labute approximate surface area is 106 Å². The molecule has 0 bridgehead atoms. The maximum atomic E-state index is 13.9. The zero-order chi connectivity index (χ0) is 13.3. The van der Waals surface area contributed by atoms with E-state index in [9.17, 15) is 8.78 Å². The van der Waals surface area contributed by atoms with Gasteiger partial charge in [0.2, 0.25) is 0 Å². The molecular weight excluding hydrogens is 236 g/mol. The number of ether oxygens (including phenoxy) is 1. The Bertz CT molecular complexity index is 434. The summed E-state index contributed by atoms with van der Waals surface area (Å²) in [4.78, 5) is 0. The first-order valence-electron chi connectivity index (χ1n) is 6.30. The number of morpholine rings is 1. The number of rotatable bonds is 2. The first-order valence-corrected chi connectivity index (χ1v) is 6.30. The van der Waals surface area contributed by atoms with Crippen LogP contribution in [-0.2, 0) is 4.74 Å². The molecule has 1 aromatic carbocycles. The van der Waals surface area contributed by atoms with Crippen molar-refractivity contribution in [3.8, 4) is 0 Å². The molecule has 0 aromatic heterocycles. The summed E-state index contributed by atoms with van der Waals surface area (Å²) < 4.78 is 33.2. The number of halogens is 2. The molecule has 2 nitrogen and oxygen atoms in total. The monoisotopic (exact) mass is 255 g/mol. The molecule has 4 heteroatoms. The Hall–Kier alpha value is -1.00. The average Bonchev–Trinajstić information content (AvgIpc) is 2.34. The van der Waals surface area contributed by atoms with E-state index in [1.807, 2.05) is 0 Å². The van der Waals surface area contributed by atoms with Gasteiger partial charge in [0, 0.05) is 18.7 Å². The largest absolute Gasteiger partial charge is 0.367 e. The predicted octanol–water partition coefficient (Wildman–Crippen LogP) is 2.96. The zero-order valence-corrected chi connectivity index (χ0v) is 11.0. The zero-order valence-electron chi connectivity index (χ0n) is 11.0. The first-order chi connectivity index (χ1) is 8.49. The molecule has 2 unspecified atom stereocenters. The van der Waals surface area contributed by atoms with Crippen LogP contribution in [0.15, 0.2) is 12.1 Å². The fraction of sp³-hybridized carbons (Fsp3) is 0.571. The minimum atomic E-state index is -0.416. The Morgan fingerprint density at radius 1 is 1.22 bits per heavy atom. The summed E-state index contributed by atoms with van der Waals surface area (Å²) in [6.45, 7) is 6.94. The van der Waals surface area contributed by atoms with Gasteiger partial charge in [-0.3, -0.25) is 0 Å². The molecule has 1 aromatic rings. The predicted molar refractivity (Wildman–Crippen MR) is 66.4 cm³/mol. The lowest BCUT2D eigenvalue weighted by Gasteiger charge is -2.33. The van der Waals surface area contributed by atoms with E-state index in [1.165, 1.54) is 12.1 Å². The highest BCUT2D eigenvalue weighted by atomic mass is 19.1. The third-order valence-corrected chi connectivity index (χ3v) is 3.38. The molecule has 0 spiro atoms. The smallest absolute Gasteiger partial charge is 0.129 e. The molecule has 1 N–H and O–H groups in total. The quantitative estimate of drug-likeness (QED) is 0.877. The molecule has 18 heavy (non-hydrogen) atoms. The highest BCUT2D eigenvalue weighted by Gasteiger charge is 2.27. The average molecular weight is 255 g/mol. The van der Waals surface area contributed by atoms with Crippen LogP contribution in [-0.4, -0.2) is 19.2 Å². The van der Waals surface area contributed by atoms with E-state index in [2.05, 4.69) is 19.2 Å². The van der Waals surface area contributed by atoms with E-state index >= 15 is 0 Å². The SMILES string of the molecule is Cc1cc(F)c(C2CNCC(C(C)C)O2)cc1F. The van der Waals surface area contributed by atoms with Crippen molar-refractivity contribution >= 4 is 0 Å². The molecule has 1 aliphatic rings. The molecule has 0 amide bonds. The van der Waals surface area contributed by atoms with Gasteiger partial charge in [0.1, 0.15) is 11.6 Å². The number of benzene rings is 1. The summed E-state index contributed by atoms with van der Waals surface area (Å²) in [7, 11) is 0. The Kier molecular flexibility index (Phi) is 3.97. The molecule has 1 saturated heterocycles. The summed E-state index contributed by atoms with van der Waals surface area (Å²) in [5.41, 5.74) is 0.622. The van der Waals surface area contributed by atoms with Crippen LogP contribution in [0.4, 0.5) is 8.78 Å². The van der Waals surface area contributed by atoms with Crippen molar-refractivity contribution in [2.24, 2.45) is 5.92 Å². The lowest BCUT2D eigenvalue weighted by Crippen LogP contribution is -2.43. The third kappa shape index (κ3) is 2.70. The van der Waals surface area contributed by atoms with E-state index in [-0.39, 0.29) is 11.9 Å². The van der Waals surface area contributed by atoms with Gasteiger partial charge in [0.25, 0.3) is 0 Å². The maximum absolute atomic E-state index is 13.9. The summed E-state index contributed by atoms with van der Waals surface area (Å²) in [5.74, 6) is -0.439. The van der Waals surface area contributed by atoms with Crippen LogP contribution in [0.2, 0.25) is 0 Å². The van der Waals surface area contributed by atoms with Crippen molar-refractivity contribution < 1.29 is 13.5 Å². The van der Waals surface area contributed by atoms with Gasteiger partial charge in [0.05, 0.1) is 12.2 Å². The normalized spacial score (nSPS) is 24.6. The summed E-state index contributed by atoms with van der Waals surface area (Å²) in [6, 6.07) is 2.48. The second-order valence-corrected chi connectivity index (χ2v) is 5.19. The van der Waals surface area contributed by atoms with Crippen LogP contribution >= 0.6 is 0 Å². The van der Waals surface area contributed by atoms with Crippen molar-refractivity contribution in [1.29, 1.82) is 0 Å². The number of hydrogen-bond donors (Lipinski definition) is 1. The van der Waals surface area contributed by atoms with Gasteiger partial charge in [-0.15, -0.1) is 0 Å². The van der Waals surface area contributed by atoms with Crippen molar-refractivity contribution in [3.63, 3.8) is 0 Å². The Balaban J connectivity index is 2.23. The summed E-state index contributed by atoms with van der Waals surface area (Å²) >= 11 is 0. The van der Waals surface area contributed by atoms with Gasteiger partial charge in [0.15, 0.2) is 0 Å². The fourth-order valence-electron chi connectivity index (χ4n) is 2.15. The minimum Gasteiger partial charge on any atom is -0.367 e. The molecule has 1 fully saturated rings. The van der Waals surface area contributed by atoms with Crippen LogP contribution in [0.25, 0.3) is 0 Å². The minimum absolute atomic E-state index is 0.0347. The lowest BCUT2D eigenvalue weighted by atomic mass is 10.0. The van der Waals surface area contributed by atoms with E-state index in [4.69, 9.17) is 4.74 Å². The van der Waals surface area contributed by atoms with Gasteiger partial charge < -0.3 is 10.1 Å². The highest BCUT2D eigenvalue weighted by molar-refractivity contribution is 5.27. The molecule has 0 aliphatic carbocycles. The van der Waals surface area contributed by atoms with Gasteiger partial charge in [-0.05, 0) is 30.5 Å². The molecule has 0 saturated carbocycles. The van der Waals surface area contributed by atoms with Crippen molar-refractivity contribution in [2.45, 2.75) is 33.0 Å². The maximum Gasteiger partial charge on any atom is 0.129 e. The standard InChI is InChI=1S/C14H19F2NO/c1-8(2)13-6-17-7-14(18-13)10-5-11(15)9(3)4-12(10)16/h4-5,8,13-14,17H,6-7H2,1-3H3. The van der Waals surface area contributed by atoms with E-state index in [0.717, 1.165) is 6.54 Å². The summed E-state index contributed by atoms with van der Waals surface area (Å²) in [5, 5.41) is 3.21. The van der Waals surface area contributed by atoms with Crippen LogP contribution in [0.1, 0.15) is 31.1 Å². The van der Waals surface area contributed by atoms with Crippen molar-refractivity contribution in [2.75, 3.05) is 13.1 Å². The van der Waals surface area contributed by atoms with Gasteiger partial charge >= 0.3 is 0 Å². The summed E-state index contributed by atoms with van der Waals surface area (Å²) in [6.07, 6.45) is -0.381. The number of aryl methyl sites for hydroxylation is 1. The molecule has 2 rings (SSSR count). The van der Waals surface area contributed by atoms with Crippen LogP contribution in [0.5, 0.6) is 0 Å². The second kappa shape index (κ2) is 5.33. The Morgan fingerprint density at radius 3 is 2.61 bits per heavy atom. The van der Waals surface area contributed by atoms with Crippen LogP contribution in [0.3, 0.4) is 0 Å². The molecule has 100 valence electrons. The van der Waals surface area contributed by atoms with Crippen LogP contribution < -0.4 is 5.32 Å². The van der Waals surface area contributed by atoms with Crippen molar-refractivity contribution in [1.82, 2.24) is 5.32 Å². The van der Waals surface area contributed by atoms with Crippen molar-refractivity contribution in [3.05, 3.63) is 34.9 Å². The fourth-order valence-corrected chi connectivity index (χ4v) is 2.15. The van der Waals surface area contributed by atoms with E-state index in [1.54, 1.807) is 6.92 Å². The molecular formula is C14H19F2NO. The van der Waals surface area contributed by atoms with Crippen LogP contribution in [0, 0.1) is 24.5 Å². The van der Waals surface area contributed by atoms with Gasteiger partial charge in [-0.2, -0.15) is 0 Å². The number of nitrogens with one attached hydrogen (secondary N) is 1. The molecule has 2 atom stereocenters. The third-order valence-electron chi connectivity index (χ3n) is 3.38. The number of hydrogen-bond acceptors (Lipinski definition) is 2.